The van der Waals surface area contributed by atoms with Crippen LogP contribution in [0.2, 0.25) is 0 Å². The molecule has 1 aromatic carbocycles. The molecule has 1 aromatic rings. The zero-order chi connectivity index (χ0) is 22.3. The molecule has 3 aliphatic rings. The molecule has 1 N–H and O–H groups in total. The quantitative estimate of drug-likeness (QED) is 0.398. The number of hydrogen-bond acceptors (Lipinski definition) is 1. The molecule has 0 aromatic heterocycles. The van der Waals surface area contributed by atoms with E-state index < -0.39 is 0 Å². The molecule has 3 aliphatic carbocycles. The van der Waals surface area contributed by atoms with E-state index in [2.05, 4.69) is 31.4 Å². The highest BCUT2D eigenvalue weighted by molar-refractivity contribution is 5.30. The van der Waals surface area contributed by atoms with Gasteiger partial charge in [0.15, 0.2) is 0 Å². The van der Waals surface area contributed by atoms with Crippen LogP contribution in [-0.4, -0.2) is 13.1 Å². The summed E-state index contributed by atoms with van der Waals surface area (Å²) in [5.41, 5.74) is 2.28. The molecule has 180 valence electrons. The standard InChI is InChI=1S/C30H48FN/c1-3-4-5-6-22-7-9-25(10-8-22)27-17-20-29(30(31)21-27)26-13-11-23(12-14-26)24-15-18-28(32-2)19-16-24/h17,20-26,28,32H,3-16,18-19H2,1-2H3. The molecule has 32 heavy (non-hydrogen) atoms. The van der Waals surface area contributed by atoms with E-state index in [1.807, 2.05) is 6.07 Å². The molecule has 0 amide bonds. The Bertz CT molecular complexity index is 676. The fourth-order valence-electron chi connectivity index (χ4n) is 7.38. The summed E-state index contributed by atoms with van der Waals surface area (Å²) in [6.45, 7) is 2.29. The second-order valence-electron chi connectivity index (χ2n) is 11.5. The molecule has 3 fully saturated rings. The van der Waals surface area contributed by atoms with Gasteiger partial charge in [0.2, 0.25) is 0 Å². The minimum absolute atomic E-state index is 0.0885. The highest BCUT2D eigenvalue weighted by Gasteiger charge is 2.32. The Balaban J connectivity index is 1.25. The van der Waals surface area contributed by atoms with E-state index in [0.717, 1.165) is 29.4 Å². The minimum Gasteiger partial charge on any atom is -0.317 e. The van der Waals surface area contributed by atoms with Gasteiger partial charge in [-0.1, -0.05) is 44.7 Å². The number of benzene rings is 1. The maximum Gasteiger partial charge on any atom is 0.126 e. The molecule has 3 saturated carbocycles. The summed E-state index contributed by atoms with van der Waals surface area (Å²) in [5.74, 6) is 3.85. The van der Waals surface area contributed by atoms with Gasteiger partial charge in [-0.15, -0.1) is 0 Å². The molecule has 0 spiro atoms. The Labute approximate surface area is 197 Å². The maximum atomic E-state index is 15.2. The van der Waals surface area contributed by atoms with Crippen LogP contribution in [0.25, 0.3) is 0 Å². The zero-order valence-electron chi connectivity index (χ0n) is 20.9. The Morgan fingerprint density at radius 1 is 0.781 bits per heavy atom. The van der Waals surface area contributed by atoms with Crippen LogP contribution < -0.4 is 5.32 Å². The van der Waals surface area contributed by atoms with Crippen LogP contribution in [0.5, 0.6) is 0 Å². The van der Waals surface area contributed by atoms with Crippen molar-refractivity contribution in [3.63, 3.8) is 0 Å². The summed E-state index contributed by atoms with van der Waals surface area (Å²) < 4.78 is 15.2. The first-order valence-electron chi connectivity index (χ1n) is 14.1. The lowest BCUT2D eigenvalue weighted by Gasteiger charge is -2.38. The van der Waals surface area contributed by atoms with E-state index in [1.165, 1.54) is 108 Å². The van der Waals surface area contributed by atoms with Crippen LogP contribution >= 0.6 is 0 Å². The van der Waals surface area contributed by atoms with Crippen molar-refractivity contribution in [1.29, 1.82) is 0 Å². The third kappa shape index (κ3) is 6.16. The van der Waals surface area contributed by atoms with Crippen molar-refractivity contribution in [3.8, 4) is 0 Å². The minimum atomic E-state index is 0.0885. The third-order valence-corrected chi connectivity index (χ3v) is 9.62. The van der Waals surface area contributed by atoms with E-state index in [1.54, 1.807) is 0 Å². The predicted molar refractivity (Wildman–Crippen MR) is 135 cm³/mol. The summed E-state index contributed by atoms with van der Waals surface area (Å²) in [7, 11) is 2.11. The highest BCUT2D eigenvalue weighted by atomic mass is 19.1. The molecule has 0 bridgehead atoms. The van der Waals surface area contributed by atoms with Gasteiger partial charge >= 0.3 is 0 Å². The molecular weight excluding hydrogens is 393 g/mol. The lowest BCUT2D eigenvalue weighted by molar-refractivity contribution is 0.170. The van der Waals surface area contributed by atoms with E-state index in [4.69, 9.17) is 0 Å². The Kier molecular flexibility index (Phi) is 9.09. The summed E-state index contributed by atoms with van der Waals surface area (Å²) in [6.07, 6.45) is 21.2. The molecular formula is C30H48FN. The maximum absolute atomic E-state index is 15.2. The predicted octanol–water partition coefficient (Wildman–Crippen LogP) is 8.73. The zero-order valence-corrected chi connectivity index (χ0v) is 20.9. The topological polar surface area (TPSA) is 12.0 Å². The van der Waals surface area contributed by atoms with E-state index in [0.29, 0.717) is 11.8 Å². The SMILES string of the molecule is CCCCCC1CCC(c2ccc(C3CCC(C4CCC(NC)CC4)CC3)c(F)c2)CC1. The molecule has 0 aliphatic heterocycles. The van der Waals surface area contributed by atoms with Crippen molar-refractivity contribution < 1.29 is 4.39 Å². The first-order chi connectivity index (χ1) is 15.7. The first-order valence-corrected chi connectivity index (χ1v) is 14.1. The number of hydrogen-bond donors (Lipinski definition) is 1. The van der Waals surface area contributed by atoms with Crippen LogP contribution in [0.1, 0.15) is 133 Å². The fraction of sp³-hybridized carbons (Fsp3) is 0.800. The summed E-state index contributed by atoms with van der Waals surface area (Å²) >= 11 is 0. The van der Waals surface area contributed by atoms with Crippen LogP contribution in [0, 0.1) is 23.6 Å². The summed E-state index contributed by atoms with van der Waals surface area (Å²) in [6, 6.07) is 7.11. The molecule has 2 heteroatoms. The van der Waals surface area contributed by atoms with Gasteiger partial charge in [-0.2, -0.15) is 0 Å². The third-order valence-electron chi connectivity index (χ3n) is 9.62. The summed E-state index contributed by atoms with van der Waals surface area (Å²) in [5, 5.41) is 3.46. The lowest BCUT2D eigenvalue weighted by atomic mass is 9.69. The largest absolute Gasteiger partial charge is 0.317 e. The van der Waals surface area contributed by atoms with Crippen molar-refractivity contribution >= 4 is 0 Å². The van der Waals surface area contributed by atoms with Crippen molar-refractivity contribution in [1.82, 2.24) is 5.32 Å². The van der Waals surface area contributed by atoms with Crippen LogP contribution in [0.15, 0.2) is 18.2 Å². The molecule has 1 nitrogen and oxygen atoms in total. The smallest absolute Gasteiger partial charge is 0.126 e. The van der Waals surface area contributed by atoms with E-state index in [9.17, 15) is 0 Å². The monoisotopic (exact) mass is 441 g/mol. The molecule has 0 saturated heterocycles. The Morgan fingerprint density at radius 2 is 1.41 bits per heavy atom. The van der Waals surface area contributed by atoms with Crippen LogP contribution in [-0.2, 0) is 0 Å². The average molecular weight is 442 g/mol. The van der Waals surface area contributed by atoms with Crippen molar-refractivity contribution in [2.75, 3.05) is 7.05 Å². The second kappa shape index (κ2) is 12.0. The van der Waals surface area contributed by atoms with Crippen molar-refractivity contribution in [2.24, 2.45) is 17.8 Å². The molecule has 4 rings (SSSR count). The van der Waals surface area contributed by atoms with Crippen molar-refractivity contribution in [2.45, 2.75) is 128 Å². The van der Waals surface area contributed by atoms with Crippen molar-refractivity contribution in [3.05, 3.63) is 35.1 Å². The molecule has 0 heterocycles. The fourth-order valence-corrected chi connectivity index (χ4v) is 7.38. The van der Waals surface area contributed by atoms with Gasteiger partial charge in [-0.05, 0) is 131 Å². The molecule has 0 unspecified atom stereocenters. The average Bonchev–Trinajstić information content (AvgIpc) is 2.85. The lowest BCUT2D eigenvalue weighted by Crippen LogP contribution is -2.33. The van der Waals surface area contributed by atoms with E-state index in [-0.39, 0.29) is 5.82 Å². The van der Waals surface area contributed by atoms with Gasteiger partial charge in [0.25, 0.3) is 0 Å². The highest BCUT2D eigenvalue weighted by Crippen LogP contribution is 2.44. The van der Waals surface area contributed by atoms with Crippen LogP contribution in [0.4, 0.5) is 4.39 Å². The Hall–Kier alpha value is -0.890. The first kappa shape index (κ1) is 24.2. The van der Waals surface area contributed by atoms with Gasteiger partial charge in [0.1, 0.15) is 5.82 Å². The number of unbranched alkanes of at least 4 members (excludes halogenated alkanes) is 2. The van der Waals surface area contributed by atoms with Gasteiger partial charge in [-0.25, -0.2) is 4.39 Å². The molecule has 0 atom stereocenters. The number of halogens is 1. The van der Waals surface area contributed by atoms with Gasteiger partial charge in [-0.3, -0.25) is 0 Å². The summed E-state index contributed by atoms with van der Waals surface area (Å²) in [4.78, 5) is 0. The second-order valence-corrected chi connectivity index (χ2v) is 11.5. The van der Waals surface area contributed by atoms with Gasteiger partial charge < -0.3 is 5.32 Å². The van der Waals surface area contributed by atoms with Gasteiger partial charge in [0, 0.05) is 6.04 Å². The number of rotatable bonds is 8. The normalized spacial score (nSPS) is 33.8. The van der Waals surface area contributed by atoms with Gasteiger partial charge in [0.05, 0.1) is 0 Å². The molecule has 0 radical (unpaired) electrons. The Morgan fingerprint density at radius 3 is 2.00 bits per heavy atom. The van der Waals surface area contributed by atoms with E-state index >= 15 is 4.39 Å². The number of nitrogens with one attached hydrogen (secondary N) is 1. The van der Waals surface area contributed by atoms with Crippen LogP contribution in [0.3, 0.4) is 0 Å².